The molecule has 1 aromatic heterocycles. The summed E-state index contributed by atoms with van der Waals surface area (Å²) in [5.74, 6) is 0. The molecule has 0 bridgehead atoms. The van der Waals surface area contributed by atoms with Crippen LogP contribution in [-0.4, -0.2) is 10.6 Å². The molecular formula is C18H19ClN2. The summed E-state index contributed by atoms with van der Waals surface area (Å²) in [6, 6.07) is 16.9. The van der Waals surface area contributed by atoms with Crippen molar-refractivity contribution in [1.29, 1.82) is 0 Å². The number of halogens is 1. The molecule has 0 aliphatic carbocycles. The largest absolute Gasteiger partial charge is 0.343 e. The monoisotopic (exact) mass is 298 g/mol. The Kier molecular flexibility index (Phi) is 4.00. The molecule has 3 aromatic rings. The SMILES string of the molecule is CC(N)Cc1ccc2c(ccn2Cc2cccc(Cl)c2)c1. The van der Waals surface area contributed by atoms with E-state index < -0.39 is 0 Å². The van der Waals surface area contributed by atoms with Crippen molar-refractivity contribution in [3.8, 4) is 0 Å². The van der Waals surface area contributed by atoms with Gasteiger partial charge in [0.05, 0.1) is 0 Å². The normalized spacial score (nSPS) is 12.7. The van der Waals surface area contributed by atoms with Gasteiger partial charge in [-0.1, -0.05) is 29.8 Å². The quantitative estimate of drug-likeness (QED) is 0.767. The fourth-order valence-corrected chi connectivity index (χ4v) is 2.93. The molecule has 1 atom stereocenters. The second kappa shape index (κ2) is 5.92. The fraction of sp³-hybridized carbons (Fsp3) is 0.222. The first-order valence-electron chi connectivity index (χ1n) is 7.19. The van der Waals surface area contributed by atoms with Crippen LogP contribution in [0.5, 0.6) is 0 Å². The third-order valence-electron chi connectivity index (χ3n) is 3.64. The molecule has 0 radical (unpaired) electrons. The van der Waals surface area contributed by atoms with Crippen molar-refractivity contribution in [2.45, 2.75) is 25.9 Å². The Labute approximate surface area is 130 Å². The summed E-state index contributed by atoms with van der Waals surface area (Å²) >= 11 is 6.05. The van der Waals surface area contributed by atoms with Crippen molar-refractivity contribution in [3.63, 3.8) is 0 Å². The molecule has 0 aliphatic heterocycles. The predicted molar refractivity (Wildman–Crippen MR) is 89.8 cm³/mol. The van der Waals surface area contributed by atoms with Crippen LogP contribution in [0.3, 0.4) is 0 Å². The number of hydrogen-bond donors (Lipinski definition) is 1. The minimum Gasteiger partial charge on any atom is -0.343 e. The summed E-state index contributed by atoms with van der Waals surface area (Å²) in [4.78, 5) is 0. The summed E-state index contributed by atoms with van der Waals surface area (Å²) in [7, 11) is 0. The molecule has 108 valence electrons. The van der Waals surface area contributed by atoms with Gasteiger partial charge in [-0.3, -0.25) is 0 Å². The Morgan fingerprint density at radius 1 is 1.10 bits per heavy atom. The maximum Gasteiger partial charge on any atom is 0.0483 e. The molecule has 0 amide bonds. The Morgan fingerprint density at radius 2 is 1.95 bits per heavy atom. The van der Waals surface area contributed by atoms with Crippen LogP contribution in [0.2, 0.25) is 5.02 Å². The zero-order valence-electron chi connectivity index (χ0n) is 12.1. The molecule has 2 N–H and O–H groups in total. The van der Waals surface area contributed by atoms with Gasteiger partial charge in [0.15, 0.2) is 0 Å². The lowest BCUT2D eigenvalue weighted by atomic mass is 10.1. The van der Waals surface area contributed by atoms with Crippen LogP contribution in [0.15, 0.2) is 54.7 Å². The second-order valence-electron chi connectivity index (χ2n) is 5.65. The Hall–Kier alpha value is -1.77. The summed E-state index contributed by atoms with van der Waals surface area (Å²) in [6.45, 7) is 2.87. The summed E-state index contributed by atoms with van der Waals surface area (Å²) < 4.78 is 2.25. The summed E-state index contributed by atoms with van der Waals surface area (Å²) in [6.07, 6.45) is 3.04. The zero-order valence-corrected chi connectivity index (χ0v) is 12.8. The van der Waals surface area contributed by atoms with Gasteiger partial charge in [0.1, 0.15) is 0 Å². The van der Waals surface area contributed by atoms with Crippen LogP contribution in [0.25, 0.3) is 10.9 Å². The number of hydrogen-bond acceptors (Lipinski definition) is 1. The average molecular weight is 299 g/mol. The molecule has 3 heteroatoms. The van der Waals surface area contributed by atoms with Gasteiger partial charge >= 0.3 is 0 Å². The third kappa shape index (κ3) is 3.29. The molecule has 1 unspecified atom stereocenters. The van der Waals surface area contributed by atoms with E-state index in [2.05, 4.69) is 41.1 Å². The standard InChI is InChI=1S/C18H19ClN2/c1-13(20)9-14-5-6-18-16(10-14)7-8-21(18)12-15-3-2-4-17(19)11-15/h2-8,10-11,13H,9,12,20H2,1H3. The number of nitrogens with two attached hydrogens (primary N) is 1. The van der Waals surface area contributed by atoms with Crippen LogP contribution in [-0.2, 0) is 13.0 Å². The van der Waals surface area contributed by atoms with Gasteiger partial charge in [0.25, 0.3) is 0 Å². The minimum atomic E-state index is 0.191. The second-order valence-corrected chi connectivity index (χ2v) is 6.08. The highest BCUT2D eigenvalue weighted by molar-refractivity contribution is 6.30. The molecule has 21 heavy (non-hydrogen) atoms. The van der Waals surface area contributed by atoms with Crippen molar-refractivity contribution in [1.82, 2.24) is 4.57 Å². The van der Waals surface area contributed by atoms with E-state index in [0.717, 1.165) is 18.0 Å². The lowest BCUT2D eigenvalue weighted by Crippen LogP contribution is -2.17. The maximum atomic E-state index is 6.05. The van der Waals surface area contributed by atoms with Gasteiger partial charge in [-0.05, 0) is 60.2 Å². The van der Waals surface area contributed by atoms with Crippen LogP contribution < -0.4 is 5.73 Å². The lowest BCUT2D eigenvalue weighted by molar-refractivity contribution is 0.738. The first-order valence-corrected chi connectivity index (χ1v) is 7.57. The number of fused-ring (bicyclic) bond motifs is 1. The molecule has 0 aliphatic rings. The van der Waals surface area contributed by atoms with Crippen molar-refractivity contribution < 1.29 is 0 Å². The van der Waals surface area contributed by atoms with Gasteiger partial charge < -0.3 is 10.3 Å². The molecular weight excluding hydrogens is 280 g/mol. The maximum absolute atomic E-state index is 6.05. The molecule has 2 aromatic carbocycles. The molecule has 1 heterocycles. The first kappa shape index (κ1) is 14.2. The number of aromatic nitrogens is 1. The average Bonchev–Trinajstić information content (AvgIpc) is 2.81. The first-order chi connectivity index (χ1) is 10.1. The van der Waals surface area contributed by atoms with Crippen LogP contribution in [0.1, 0.15) is 18.1 Å². The third-order valence-corrected chi connectivity index (χ3v) is 3.87. The molecule has 0 spiro atoms. The van der Waals surface area contributed by atoms with E-state index in [4.69, 9.17) is 17.3 Å². The van der Waals surface area contributed by atoms with E-state index in [-0.39, 0.29) is 6.04 Å². The van der Waals surface area contributed by atoms with Gasteiger partial charge in [-0.15, -0.1) is 0 Å². The summed E-state index contributed by atoms with van der Waals surface area (Å²) in [5, 5.41) is 2.04. The molecule has 0 fully saturated rings. The smallest absolute Gasteiger partial charge is 0.0483 e. The molecule has 0 saturated carbocycles. The summed E-state index contributed by atoms with van der Waals surface area (Å²) in [5.41, 5.74) is 9.61. The van der Waals surface area contributed by atoms with Gasteiger partial charge in [-0.2, -0.15) is 0 Å². The Morgan fingerprint density at radius 3 is 2.71 bits per heavy atom. The van der Waals surface area contributed by atoms with Crippen molar-refractivity contribution >= 4 is 22.5 Å². The Bertz CT molecular complexity index is 759. The number of rotatable bonds is 4. The highest BCUT2D eigenvalue weighted by Crippen LogP contribution is 2.20. The van der Waals surface area contributed by atoms with E-state index in [0.29, 0.717) is 0 Å². The molecule has 3 rings (SSSR count). The van der Waals surface area contributed by atoms with E-state index in [1.54, 1.807) is 0 Å². The topological polar surface area (TPSA) is 30.9 Å². The Balaban J connectivity index is 1.90. The van der Waals surface area contributed by atoms with Gasteiger partial charge in [-0.25, -0.2) is 0 Å². The van der Waals surface area contributed by atoms with Crippen LogP contribution in [0.4, 0.5) is 0 Å². The van der Waals surface area contributed by atoms with Crippen molar-refractivity contribution in [2.75, 3.05) is 0 Å². The zero-order chi connectivity index (χ0) is 14.8. The van der Waals surface area contributed by atoms with Gasteiger partial charge in [0.2, 0.25) is 0 Å². The van der Waals surface area contributed by atoms with E-state index in [1.165, 1.54) is 22.0 Å². The number of nitrogens with zero attached hydrogens (tertiary/aromatic N) is 1. The predicted octanol–water partition coefficient (Wildman–Crippen LogP) is 4.23. The highest BCUT2D eigenvalue weighted by Gasteiger charge is 2.05. The minimum absolute atomic E-state index is 0.191. The van der Waals surface area contributed by atoms with Gasteiger partial charge in [0, 0.05) is 29.3 Å². The van der Waals surface area contributed by atoms with E-state index in [9.17, 15) is 0 Å². The fourth-order valence-electron chi connectivity index (χ4n) is 2.72. The lowest BCUT2D eigenvalue weighted by Gasteiger charge is -2.08. The van der Waals surface area contributed by atoms with E-state index >= 15 is 0 Å². The highest BCUT2D eigenvalue weighted by atomic mass is 35.5. The van der Waals surface area contributed by atoms with Crippen molar-refractivity contribution in [2.24, 2.45) is 5.73 Å². The van der Waals surface area contributed by atoms with Crippen LogP contribution in [0, 0.1) is 0 Å². The molecule has 2 nitrogen and oxygen atoms in total. The van der Waals surface area contributed by atoms with E-state index in [1.807, 2.05) is 25.1 Å². The van der Waals surface area contributed by atoms with Crippen LogP contribution >= 0.6 is 11.6 Å². The number of benzene rings is 2. The van der Waals surface area contributed by atoms with Crippen molar-refractivity contribution in [3.05, 3.63) is 70.9 Å². The molecule has 0 saturated heterocycles.